The highest BCUT2D eigenvalue weighted by molar-refractivity contribution is 5.55. The van der Waals surface area contributed by atoms with Crippen molar-refractivity contribution in [1.82, 2.24) is 4.90 Å². The highest BCUT2D eigenvalue weighted by atomic mass is 15.3. The van der Waals surface area contributed by atoms with Crippen molar-refractivity contribution >= 4 is 5.69 Å². The van der Waals surface area contributed by atoms with Crippen molar-refractivity contribution in [3.63, 3.8) is 0 Å². The highest BCUT2D eigenvalue weighted by Crippen LogP contribution is 2.27. The van der Waals surface area contributed by atoms with Gasteiger partial charge in [0.15, 0.2) is 0 Å². The molecule has 2 aliphatic rings. The van der Waals surface area contributed by atoms with Crippen molar-refractivity contribution in [2.45, 2.75) is 38.8 Å². The van der Waals surface area contributed by atoms with Gasteiger partial charge in [-0.15, -0.1) is 0 Å². The number of benzene rings is 1. The van der Waals surface area contributed by atoms with Crippen LogP contribution in [0.4, 0.5) is 5.69 Å². The molecular formula is C16H25N3. The quantitative estimate of drug-likeness (QED) is 0.883. The number of rotatable bonds is 2. The first-order valence-corrected chi connectivity index (χ1v) is 7.56. The van der Waals surface area contributed by atoms with Crippen LogP contribution in [-0.4, -0.2) is 37.1 Å². The summed E-state index contributed by atoms with van der Waals surface area (Å²) in [4.78, 5) is 5.24. The van der Waals surface area contributed by atoms with Crippen LogP contribution >= 0.6 is 0 Å². The van der Waals surface area contributed by atoms with Crippen LogP contribution in [0.5, 0.6) is 0 Å². The molecule has 0 bridgehead atoms. The molecule has 3 nitrogen and oxygen atoms in total. The fourth-order valence-corrected chi connectivity index (χ4v) is 3.61. The van der Waals surface area contributed by atoms with E-state index < -0.39 is 0 Å². The highest BCUT2D eigenvalue weighted by Gasteiger charge is 2.29. The lowest BCUT2D eigenvalue weighted by molar-refractivity contribution is 0.273. The topological polar surface area (TPSA) is 32.5 Å². The molecule has 0 aromatic heterocycles. The number of anilines is 1. The number of fused-ring (bicyclic) bond motifs is 1. The lowest BCUT2D eigenvalue weighted by Gasteiger charge is -2.29. The molecular weight excluding hydrogens is 234 g/mol. The van der Waals surface area contributed by atoms with E-state index in [-0.39, 0.29) is 0 Å². The minimum absolute atomic E-state index is 0.641. The maximum Gasteiger partial charge on any atom is 0.0412 e. The van der Waals surface area contributed by atoms with Crippen molar-refractivity contribution < 1.29 is 0 Å². The second-order valence-electron chi connectivity index (χ2n) is 5.97. The summed E-state index contributed by atoms with van der Waals surface area (Å²) in [6.45, 7) is 7.70. The SMILES string of the molecule is Cc1ccc(N2CCCN3CCCC3C2)c(CN)c1. The largest absolute Gasteiger partial charge is 0.370 e. The third-order valence-electron chi connectivity index (χ3n) is 4.60. The fourth-order valence-electron chi connectivity index (χ4n) is 3.61. The summed E-state index contributed by atoms with van der Waals surface area (Å²) < 4.78 is 0. The molecule has 2 fully saturated rings. The van der Waals surface area contributed by atoms with Crippen LogP contribution in [0.25, 0.3) is 0 Å². The van der Waals surface area contributed by atoms with Gasteiger partial charge < -0.3 is 10.6 Å². The maximum absolute atomic E-state index is 5.93. The van der Waals surface area contributed by atoms with Crippen LogP contribution < -0.4 is 10.6 Å². The van der Waals surface area contributed by atoms with E-state index in [4.69, 9.17) is 5.73 Å². The molecule has 1 unspecified atom stereocenters. The molecule has 1 aromatic carbocycles. The van der Waals surface area contributed by atoms with E-state index in [0.29, 0.717) is 6.54 Å². The first kappa shape index (κ1) is 12.9. The van der Waals surface area contributed by atoms with Gasteiger partial charge in [-0.3, -0.25) is 4.90 Å². The van der Waals surface area contributed by atoms with E-state index in [1.54, 1.807) is 0 Å². The molecule has 0 amide bonds. The predicted octanol–water partition coefficient (Wildman–Crippen LogP) is 2.13. The van der Waals surface area contributed by atoms with Gasteiger partial charge in [0.05, 0.1) is 0 Å². The van der Waals surface area contributed by atoms with Crippen molar-refractivity contribution in [3.8, 4) is 0 Å². The molecule has 0 aliphatic carbocycles. The van der Waals surface area contributed by atoms with Gasteiger partial charge in [0.25, 0.3) is 0 Å². The van der Waals surface area contributed by atoms with Crippen LogP contribution in [0, 0.1) is 6.92 Å². The third kappa shape index (κ3) is 2.63. The Morgan fingerprint density at radius 3 is 2.89 bits per heavy atom. The maximum atomic E-state index is 5.93. The van der Waals surface area contributed by atoms with E-state index in [2.05, 4.69) is 34.9 Å². The number of aryl methyl sites for hydroxylation is 1. The number of nitrogens with two attached hydrogens (primary N) is 1. The lowest BCUT2D eigenvalue weighted by Crippen LogP contribution is -2.37. The number of hydrogen-bond acceptors (Lipinski definition) is 3. The van der Waals surface area contributed by atoms with Crippen molar-refractivity contribution in [2.24, 2.45) is 5.73 Å². The molecule has 1 atom stereocenters. The van der Waals surface area contributed by atoms with Crippen molar-refractivity contribution in [1.29, 1.82) is 0 Å². The zero-order chi connectivity index (χ0) is 13.2. The van der Waals surface area contributed by atoms with Gasteiger partial charge in [-0.1, -0.05) is 17.7 Å². The summed E-state index contributed by atoms with van der Waals surface area (Å²) >= 11 is 0. The predicted molar refractivity (Wildman–Crippen MR) is 80.5 cm³/mol. The Kier molecular flexibility index (Phi) is 3.76. The van der Waals surface area contributed by atoms with E-state index in [1.165, 1.54) is 62.3 Å². The minimum atomic E-state index is 0.641. The van der Waals surface area contributed by atoms with Crippen LogP contribution in [-0.2, 0) is 6.54 Å². The summed E-state index contributed by atoms with van der Waals surface area (Å²) in [7, 11) is 0. The van der Waals surface area contributed by atoms with Crippen molar-refractivity contribution in [2.75, 3.05) is 31.1 Å². The number of hydrogen-bond donors (Lipinski definition) is 1. The molecule has 2 N–H and O–H groups in total. The average molecular weight is 259 g/mol. The normalized spacial score (nSPS) is 24.3. The monoisotopic (exact) mass is 259 g/mol. The Labute approximate surface area is 116 Å². The van der Waals surface area contributed by atoms with Gasteiger partial charge in [-0.05, 0) is 44.4 Å². The molecule has 0 saturated carbocycles. The van der Waals surface area contributed by atoms with E-state index in [9.17, 15) is 0 Å². The van der Waals surface area contributed by atoms with Gasteiger partial charge in [0.2, 0.25) is 0 Å². The smallest absolute Gasteiger partial charge is 0.0412 e. The van der Waals surface area contributed by atoms with Gasteiger partial charge in [0, 0.05) is 37.9 Å². The summed E-state index contributed by atoms with van der Waals surface area (Å²) in [5, 5.41) is 0. The van der Waals surface area contributed by atoms with E-state index in [0.717, 1.165) is 6.04 Å². The molecule has 2 saturated heterocycles. The lowest BCUT2D eigenvalue weighted by atomic mass is 10.1. The Bertz CT molecular complexity index is 444. The minimum Gasteiger partial charge on any atom is -0.370 e. The summed E-state index contributed by atoms with van der Waals surface area (Å²) in [6.07, 6.45) is 4.00. The molecule has 0 spiro atoms. The third-order valence-corrected chi connectivity index (χ3v) is 4.60. The Balaban J connectivity index is 1.84. The molecule has 1 aromatic rings. The van der Waals surface area contributed by atoms with Crippen molar-refractivity contribution in [3.05, 3.63) is 29.3 Å². The molecule has 3 rings (SSSR count). The second-order valence-corrected chi connectivity index (χ2v) is 5.97. The van der Waals surface area contributed by atoms with Gasteiger partial charge in [0.1, 0.15) is 0 Å². The first-order valence-electron chi connectivity index (χ1n) is 7.56. The van der Waals surface area contributed by atoms with Crippen LogP contribution in [0.2, 0.25) is 0 Å². The molecule has 0 radical (unpaired) electrons. The van der Waals surface area contributed by atoms with Gasteiger partial charge in [-0.2, -0.15) is 0 Å². The first-order chi connectivity index (χ1) is 9.28. The molecule has 3 heteroatoms. The molecule has 19 heavy (non-hydrogen) atoms. The van der Waals surface area contributed by atoms with Crippen LogP contribution in [0.1, 0.15) is 30.4 Å². The molecule has 2 aliphatic heterocycles. The summed E-state index contributed by atoms with van der Waals surface area (Å²) in [6, 6.07) is 7.48. The zero-order valence-corrected chi connectivity index (χ0v) is 11.9. The average Bonchev–Trinajstić information content (AvgIpc) is 2.76. The standard InChI is InChI=1S/C16H25N3/c1-13-5-6-16(14(10-13)11-17)19-9-3-8-18-7-2-4-15(18)12-19/h5-6,10,15H,2-4,7-9,11-12,17H2,1H3. The fraction of sp³-hybridized carbons (Fsp3) is 0.625. The van der Waals surface area contributed by atoms with Gasteiger partial charge >= 0.3 is 0 Å². The van der Waals surface area contributed by atoms with Crippen LogP contribution in [0.15, 0.2) is 18.2 Å². The van der Waals surface area contributed by atoms with Gasteiger partial charge in [-0.25, -0.2) is 0 Å². The Morgan fingerprint density at radius 2 is 2.05 bits per heavy atom. The Morgan fingerprint density at radius 1 is 1.21 bits per heavy atom. The number of nitrogens with zero attached hydrogens (tertiary/aromatic N) is 2. The van der Waals surface area contributed by atoms with Crippen LogP contribution in [0.3, 0.4) is 0 Å². The second kappa shape index (κ2) is 5.51. The summed E-state index contributed by atoms with van der Waals surface area (Å²) in [5.41, 5.74) is 9.90. The summed E-state index contributed by atoms with van der Waals surface area (Å²) in [5.74, 6) is 0. The van der Waals surface area contributed by atoms with E-state index >= 15 is 0 Å². The molecule has 104 valence electrons. The van der Waals surface area contributed by atoms with E-state index in [1.807, 2.05) is 0 Å². The Hall–Kier alpha value is -1.06. The zero-order valence-electron chi connectivity index (χ0n) is 11.9. The molecule has 2 heterocycles.